The Labute approximate surface area is 113 Å². The lowest BCUT2D eigenvalue weighted by Crippen LogP contribution is -2.57. The molecular weight excluding hydrogens is 302 g/mol. The first-order valence-electron chi connectivity index (χ1n) is 5.23. The van der Waals surface area contributed by atoms with Crippen molar-refractivity contribution in [1.29, 1.82) is 5.41 Å². The largest absolute Gasteiger partial charge is 0.345 e. The topological polar surface area (TPSA) is 56.2 Å². The van der Waals surface area contributed by atoms with Crippen LogP contribution in [0.1, 0.15) is 23.8 Å². The first-order valence-corrected chi connectivity index (χ1v) is 6.84. The van der Waals surface area contributed by atoms with E-state index < -0.39 is 5.54 Å². The molecule has 0 bridgehead atoms. The first-order chi connectivity index (χ1) is 7.83. The van der Waals surface area contributed by atoms with Gasteiger partial charge in [-0.2, -0.15) is 0 Å². The van der Waals surface area contributed by atoms with Gasteiger partial charge in [0.25, 0.3) is 0 Å². The molecule has 17 heavy (non-hydrogen) atoms. The predicted octanol–water partition coefficient (Wildman–Crippen LogP) is 2.42. The number of hydrogen-bond donors (Lipinski definition) is 2. The van der Waals surface area contributed by atoms with E-state index in [-0.39, 0.29) is 11.9 Å². The highest BCUT2D eigenvalue weighted by atomic mass is 79.9. The summed E-state index contributed by atoms with van der Waals surface area (Å²) < 4.78 is 1.08. The van der Waals surface area contributed by atoms with Crippen LogP contribution >= 0.6 is 27.3 Å². The Morgan fingerprint density at radius 3 is 2.76 bits per heavy atom. The van der Waals surface area contributed by atoms with Gasteiger partial charge in [-0.1, -0.05) is 0 Å². The third-order valence-corrected chi connectivity index (χ3v) is 5.41. The minimum absolute atomic E-state index is 0.0292. The molecule has 0 spiro atoms. The molecule has 1 atom stereocenters. The van der Waals surface area contributed by atoms with Crippen LogP contribution in [0.15, 0.2) is 9.85 Å². The lowest BCUT2D eigenvalue weighted by atomic mass is 9.93. The van der Waals surface area contributed by atoms with Gasteiger partial charge in [-0.25, -0.2) is 0 Å². The summed E-state index contributed by atoms with van der Waals surface area (Å²) in [6, 6.07) is 2.06. The molecule has 0 unspecified atom stereocenters. The second-order valence-corrected chi connectivity index (χ2v) is 6.87. The molecule has 1 amide bonds. The molecule has 1 aliphatic rings. The number of nitrogens with zero attached hydrogens (tertiary/aromatic N) is 1. The quantitative estimate of drug-likeness (QED) is 0.836. The van der Waals surface area contributed by atoms with Crippen LogP contribution in [0.3, 0.4) is 0 Å². The standard InChI is InChI=1S/C11H14BrN3OS/c1-6-4-7(17-9(6)12)11(2)5-8(16)15(3)10(13)14-11/h4H,5H2,1-3H3,(H2,13,14)/t11-/m0/s1. The summed E-state index contributed by atoms with van der Waals surface area (Å²) in [6.07, 6.45) is 0.373. The van der Waals surface area contributed by atoms with Crippen molar-refractivity contribution in [3.63, 3.8) is 0 Å². The Morgan fingerprint density at radius 1 is 1.65 bits per heavy atom. The van der Waals surface area contributed by atoms with E-state index >= 15 is 0 Å². The number of rotatable bonds is 1. The van der Waals surface area contributed by atoms with Crippen molar-refractivity contribution in [3.05, 3.63) is 20.3 Å². The molecule has 0 aromatic carbocycles. The SMILES string of the molecule is Cc1cc([C@]2(C)CC(=O)N(C)C(=N)N2)sc1Br. The minimum atomic E-state index is -0.470. The van der Waals surface area contributed by atoms with E-state index in [9.17, 15) is 4.79 Å². The molecule has 1 aromatic heterocycles. The summed E-state index contributed by atoms with van der Waals surface area (Å²) in [5.41, 5.74) is 0.688. The number of amides is 1. The number of guanidine groups is 1. The number of carbonyl (C=O) groups excluding carboxylic acids is 1. The van der Waals surface area contributed by atoms with Crippen molar-refractivity contribution in [2.75, 3.05) is 7.05 Å². The van der Waals surface area contributed by atoms with E-state index in [1.165, 1.54) is 4.90 Å². The van der Waals surface area contributed by atoms with Gasteiger partial charge in [0.1, 0.15) is 0 Å². The van der Waals surface area contributed by atoms with Crippen molar-refractivity contribution in [2.24, 2.45) is 0 Å². The van der Waals surface area contributed by atoms with Crippen LogP contribution in [0.25, 0.3) is 0 Å². The van der Waals surface area contributed by atoms with Gasteiger partial charge in [0.05, 0.1) is 15.7 Å². The molecule has 1 fully saturated rings. The van der Waals surface area contributed by atoms with Crippen LogP contribution in [0.4, 0.5) is 0 Å². The van der Waals surface area contributed by atoms with Crippen molar-refractivity contribution in [3.8, 4) is 0 Å². The van der Waals surface area contributed by atoms with Crippen LogP contribution in [0, 0.1) is 12.3 Å². The fourth-order valence-electron chi connectivity index (χ4n) is 1.82. The maximum absolute atomic E-state index is 11.8. The molecular formula is C11H14BrN3OS. The van der Waals surface area contributed by atoms with E-state index in [2.05, 4.69) is 27.3 Å². The van der Waals surface area contributed by atoms with Crippen LogP contribution in [-0.2, 0) is 10.3 Å². The highest BCUT2D eigenvalue weighted by molar-refractivity contribution is 9.11. The average molecular weight is 316 g/mol. The van der Waals surface area contributed by atoms with Gasteiger partial charge in [-0.15, -0.1) is 11.3 Å². The molecule has 0 saturated carbocycles. The predicted molar refractivity (Wildman–Crippen MR) is 72.4 cm³/mol. The molecule has 2 N–H and O–H groups in total. The molecule has 1 saturated heterocycles. The van der Waals surface area contributed by atoms with E-state index in [0.717, 1.165) is 14.2 Å². The summed E-state index contributed by atoms with van der Waals surface area (Å²) in [5, 5.41) is 10.9. The maximum Gasteiger partial charge on any atom is 0.231 e. The summed E-state index contributed by atoms with van der Waals surface area (Å²) >= 11 is 5.10. The van der Waals surface area contributed by atoms with Crippen molar-refractivity contribution in [1.82, 2.24) is 10.2 Å². The zero-order valence-electron chi connectivity index (χ0n) is 9.93. The Kier molecular flexibility index (Phi) is 3.03. The van der Waals surface area contributed by atoms with Crippen molar-refractivity contribution >= 4 is 39.1 Å². The monoisotopic (exact) mass is 315 g/mol. The molecule has 92 valence electrons. The van der Waals surface area contributed by atoms with Gasteiger partial charge >= 0.3 is 0 Å². The van der Waals surface area contributed by atoms with E-state index in [1.807, 2.05) is 13.8 Å². The van der Waals surface area contributed by atoms with Gasteiger partial charge in [-0.05, 0) is 41.4 Å². The van der Waals surface area contributed by atoms with E-state index in [0.29, 0.717) is 6.42 Å². The Bertz CT molecular complexity index is 459. The lowest BCUT2D eigenvalue weighted by Gasteiger charge is -2.38. The van der Waals surface area contributed by atoms with E-state index in [4.69, 9.17) is 5.41 Å². The molecule has 2 rings (SSSR count). The normalized spacial score (nSPS) is 25.1. The summed E-state index contributed by atoms with van der Waals surface area (Å²) in [4.78, 5) is 14.2. The Hall–Kier alpha value is -0.880. The highest BCUT2D eigenvalue weighted by Gasteiger charge is 2.39. The second-order valence-electron chi connectivity index (χ2n) is 4.50. The third kappa shape index (κ3) is 2.11. The first kappa shape index (κ1) is 12.6. The Balaban J connectivity index is 2.37. The van der Waals surface area contributed by atoms with Crippen LogP contribution in [0.2, 0.25) is 0 Å². The summed E-state index contributed by atoms with van der Waals surface area (Å²) in [6.45, 7) is 3.99. The zero-order chi connectivity index (χ0) is 12.8. The lowest BCUT2D eigenvalue weighted by molar-refractivity contribution is -0.129. The third-order valence-electron chi connectivity index (χ3n) is 3.01. The number of nitrogens with one attached hydrogen (secondary N) is 2. The molecule has 2 heterocycles. The second kappa shape index (κ2) is 4.10. The highest BCUT2D eigenvalue weighted by Crippen LogP contribution is 2.37. The maximum atomic E-state index is 11.8. The molecule has 0 radical (unpaired) electrons. The molecule has 4 nitrogen and oxygen atoms in total. The summed E-state index contributed by atoms with van der Waals surface area (Å²) in [7, 11) is 1.62. The molecule has 6 heteroatoms. The van der Waals surface area contributed by atoms with Crippen LogP contribution < -0.4 is 5.32 Å². The van der Waals surface area contributed by atoms with Crippen LogP contribution in [-0.4, -0.2) is 23.8 Å². The fourth-order valence-corrected chi connectivity index (χ4v) is 3.45. The Morgan fingerprint density at radius 2 is 2.29 bits per heavy atom. The fraction of sp³-hybridized carbons (Fsp3) is 0.455. The van der Waals surface area contributed by atoms with E-state index in [1.54, 1.807) is 18.4 Å². The number of thiophene rings is 1. The number of hydrogen-bond acceptors (Lipinski definition) is 3. The van der Waals surface area contributed by atoms with Crippen LogP contribution in [0.5, 0.6) is 0 Å². The van der Waals surface area contributed by atoms with Gasteiger partial charge < -0.3 is 5.32 Å². The van der Waals surface area contributed by atoms with Gasteiger partial charge in [0.2, 0.25) is 5.91 Å². The minimum Gasteiger partial charge on any atom is -0.345 e. The van der Waals surface area contributed by atoms with Gasteiger partial charge in [-0.3, -0.25) is 15.1 Å². The van der Waals surface area contributed by atoms with Crippen molar-refractivity contribution < 1.29 is 4.79 Å². The van der Waals surface area contributed by atoms with Crippen molar-refractivity contribution in [2.45, 2.75) is 25.8 Å². The number of carbonyl (C=O) groups is 1. The molecule has 1 aliphatic heterocycles. The average Bonchev–Trinajstić information content (AvgIpc) is 2.56. The number of aryl methyl sites for hydroxylation is 1. The summed E-state index contributed by atoms with van der Waals surface area (Å²) in [5.74, 6) is 0.129. The zero-order valence-corrected chi connectivity index (χ0v) is 12.3. The molecule has 1 aromatic rings. The van der Waals surface area contributed by atoms with Gasteiger partial charge in [0, 0.05) is 11.9 Å². The molecule has 0 aliphatic carbocycles. The van der Waals surface area contributed by atoms with Gasteiger partial charge in [0.15, 0.2) is 5.96 Å². The number of halogens is 1. The smallest absolute Gasteiger partial charge is 0.231 e.